The number of nitrogens with zero attached hydrogens (tertiary/aromatic N) is 5. The number of benzene rings is 3. The Bertz CT molecular complexity index is 2020. The first kappa shape index (κ1) is 29.6. The van der Waals surface area contributed by atoms with Gasteiger partial charge in [0.2, 0.25) is 5.82 Å². The van der Waals surface area contributed by atoms with Crippen LogP contribution in [0.3, 0.4) is 0 Å². The van der Waals surface area contributed by atoms with Crippen LogP contribution in [-0.2, 0) is 24.3 Å². The number of nitriles is 1. The van der Waals surface area contributed by atoms with Crippen LogP contribution >= 0.6 is 0 Å². The van der Waals surface area contributed by atoms with Gasteiger partial charge in [0.05, 0.1) is 52.6 Å². The normalized spacial score (nSPS) is 14.3. The molecule has 228 valence electrons. The largest absolute Gasteiger partial charge is 0.478 e. The van der Waals surface area contributed by atoms with E-state index in [9.17, 15) is 18.7 Å². The lowest BCUT2D eigenvalue weighted by Crippen LogP contribution is -2.31. The van der Waals surface area contributed by atoms with Gasteiger partial charge in [-0.05, 0) is 42.8 Å². The highest BCUT2D eigenvalue weighted by Crippen LogP contribution is 2.31. The van der Waals surface area contributed by atoms with Gasteiger partial charge in [0.15, 0.2) is 17.5 Å². The summed E-state index contributed by atoms with van der Waals surface area (Å²) in [6.07, 6.45) is 0.624. The van der Waals surface area contributed by atoms with Gasteiger partial charge in [-0.1, -0.05) is 6.07 Å². The average Bonchev–Trinajstić information content (AvgIpc) is 3.35. The van der Waals surface area contributed by atoms with E-state index in [4.69, 9.17) is 14.7 Å². The Hall–Kier alpha value is -5.42. The number of aromatic nitrogens is 4. The van der Waals surface area contributed by atoms with E-state index in [1.807, 2.05) is 0 Å². The molecule has 1 N–H and O–H groups in total. The zero-order valence-electron chi connectivity index (χ0n) is 23.0. The van der Waals surface area contributed by atoms with Crippen LogP contribution in [0, 0.1) is 40.4 Å². The first-order chi connectivity index (χ1) is 21.6. The van der Waals surface area contributed by atoms with E-state index in [-0.39, 0.29) is 35.2 Å². The maximum Gasteiger partial charge on any atom is 0.335 e. The number of carboxylic acid groups (broad SMARTS) is 1. The van der Waals surface area contributed by atoms with Gasteiger partial charge in [0, 0.05) is 24.2 Å². The molecule has 1 fully saturated rings. The van der Waals surface area contributed by atoms with Crippen LogP contribution in [0.1, 0.15) is 39.3 Å². The molecule has 0 spiro atoms. The SMILES string of the molecule is N#Cc1ccc(COc2nc(-c3cc(F)c(Cc4nc5ccc(C(=O)O)cc5n4C[C@@H]4CCO4)c(F)c3F)ncc2F)c(F)c1. The van der Waals surface area contributed by atoms with Gasteiger partial charge < -0.3 is 19.1 Å². The molecule has 45 heavy (non-hydrogen) atoms. The molecule has 1 aliphatic heterocycles. The van der Waals surface area contributed by atoms with Gasteiger partial charge in [-0.15, -0.1) is 0 Å². The van der Waals surface area contributed by atoms with Gasteiger partial charge in [0.25, 0.3) is 5.88 Å². The number of aromatic carboxylic acids is 1. The molecule has 0 unspecified atom stereocenters. The van der Waals surface area contributed by atoms with E-state index in [1.54, 1.807) is 10.6 Å². The number of hydrogen-bond donors (Lipinski definition) is 1. The maximum absolute atomic E-state index is 15.5. The Kier molecular flexibility index (Phi) is 7.86. The van der Waals surface area contributed by atoms with Crippen molar-refractivity contribution in [3.8, 4) is 23.3 Å². The van der Waals surface area contributed by atoms with Crippen LogP contribution < -0.4 is 4.74 Å². The highest BCUT2D eigenvalue weighted by Gasteiger charge is 2.27. The minimum Gasteiger partial charge on any atom is -0.478 e. The Balaban J connectivity index is 1.31. The molecular formula is C31H20F5N5O4. The summed E-state index contributed by atoms with van der Waals surface area (Å²) in [6.45, 7) is 0.251. The summed E-state index contributed by atoms with van der Waals surface area (Å²) in [5, 5.41) is 18.3. The van der Waals surface area contributed by atoms with Gasteiger partial charge in [-0.25, -0.2) is 32.3 Å². The van der Waals surface area contributed by atoms with Crippen LogP contribution in [0.15, 0.2) is 48.7 Å². The zero-order chi connectivity index (χ0) is 31.8. The van der Waals surface area contributed by atoms with E-state index < -0.39 is 70.9 Å². The Labute approximate surface area is 251 Å². The molecule has 3 heterocycles. The lowest BCUT2D eigenvalue weighted by Gasteiger charge is -2.27. The summed E-state index contributed by atoms with van der Waals surface area (Å²) in [5.41, 5.74) is -0.572. The maximum atomic E-state index is 15.5. The Morgan fingerprint density at radius 3 is 2.53 bits per heavy atom. The predicted molar refractivity (Wildman–Crippen MR) is 147 cm³/mol. The molecule has 6 rings (SSSR count). The molecule has 0 bridgehead atoms. The van der Waals surface area contributed by atoms with E-state index in [1.165, 1.54) is 30.3 Å². The fourth-order valence-corrected chi connectivity index (χ4v) is 4.85. The van der Waals surface area contributed by atoms with E-state index in [0.717, 1.165) is 12.5 Å². The predicted octanol–water partition coefficient (Wildman–Crippen LogP) is 5.72. The third kappa shape index (κ3) is 5.77. The number of hydrogen-bond acceptors (Lipinski definition) is 7. The van der Waals surface area contributed by atoms with Gasteiger partial charge in [-0.3, -0.25) is 0 Å². The topological polar surface area (TPSA) is 123 Å². The van der Waals surface area contributed by atoms with Crippen LogP contribution in [0.25, 0.3) is 22.4 Å². The molecule has 0 radical (unpaired) electrons. The number of fused-ring (bicyclic) bond motifs is 1. The Morgan fingerprint density at radius 1 is 1.04 bits per heavy atom. The number of halogens is 5. The van der Waals surface area contributed by atoms with Crippen molar-refractivity contribution in [2.75, 3.05) is 6.61 Å². The van der Waals surface area contributed by atoms with Crippen LogP contribution in [0.5, 0.6) is 5.88 Å². The quantitative estimate of drug-likeness (QED) is 0.164. The van der Waals surface area contributed by atoms with E-state index >= 15 is 13.2 Å². The first-order valence-electron chi connectivity index (χ1n) is 13.5. The molecule has 0 aliphatic carbocycles. The number of carbonyl (C=O) groups is 1. The molecule has 14 heteroatoms. The van der Waals surface area contributed by atoms with Gasteiger partial charge >= 0.3 is 5.97 Å². The molecule has 5 aromatic rings. The van der Waals surface area contributed by atoms with Crippen molar-refractivity contribution in [3.63, 3.8) is 0 Å². The first-order valence-corrected chi connectivity index (χ1v) is 13.5. The van der Waals surface area contributed by atoms with E-state index in [2.05, 4.69) is 15.0 Å². The fourth-order valence-electron chi connectivity index (χ4n) is 4.85. The minimum absolute atomic E-state index is 0.0119. The number of carboxylic acids is 1. The number of rotatable bonds is 9. The van der Waals surface area contributed by atoms with Crippen molar-refractivity contribution in [1.29, 1.82) is 5.26 Å². The molecule has 0 saturated carbocycles. The van der Waals surface area contributed by atoms with Crippen molar-refractivity contribution in [2.24, 2.45) is 0 Å². The van der Waals surface area contributed by atoms with Crippen LogP contribution in [-0.4, -0.2) is 43.3 Å². The molecular weight excluding hydrogens is 601 g/mol. The van der Waals surface area contributed by atoms with E-state index in [0.29, 0.717) is 29.9 Å². The van der Waals surface area contributed by atoms with Crippen molar-refractivity contribution < 1.29 is 41.3 Å². The second kappa shape index (κ2) is 11.9. The number of ether oxygens (including phenoxy) is 2. The number of imidazole rings is 1. The van der Waals surface area contributed by atoms with Crippen molar-refractivity contribution in [1.82, 2.24) is 19.5 Å². The third-order valence-electron chi connectivity index (χ3n) is 7.34. The highest BCUT2D eigenvalue weighted by atomic mass is 19.2. The van der Waals surface area contributed by atoms with Crippen LogP contribution in [0.2, 0.25) is 0 Å². The summed E-state index contributed by atoms with van der Waals surface area (Å²) < 4.78 is 87.3. The molecule has 2 aromatic heterocycles. The molecule has 1 saturated heterocycles. The summed E-state index contributed by atoms with van der Waals surface area (Å²) in [7, 11) is 0. The summed E-state index contributed by atoms with van der Waals surface area (Å²) in [5.74, 6) is -8.44. The molecule has 9 nitrogen and oxygen atoms in total. The summed E-state index contributed by atoms with van der Waals surface area (Å²) in [4.78, 5) is 23.4. The monoisotopic (exact) mass is 621 g/mol. The summed E-state index contributed by atoms with van der Waals surface area (Å²) >= 11 is 0. The zero-order valence-corrected chi connectivity index (χ0v) is 23.0. The smallest absolute Gasteiger partial charge is 0.335 e. The van der Waals surface area contributed by atoms with Crippen molar-refractivity contribution >= 4 is 17.0 Å². The van der Waals surface area contributed by atoms with Gasteiger partial charge in [-0.2, -0.15) is 14.6 Å². The highest BCUT2D eigenvalue weighted by molar-refractivity contribution is 5.92. The summed E-state index contributed by atoms with van der Waals surface area (Å²) in [6, 6.07) is 10.2. The van der Waals surface area contributed by atoms with Crippen molar-refractivity contribution in [3.05, 3.63) is 106 Å². The van der Waals surface area contributed by atoms with Gasteiger partial charge in [0.1, 0.15) is 24.1 Å². The third-order valence-corrected chi connectivity index (χ3v) is 7.34. The Morgan fingerprint density at radius 2 is 1.84 bits per heavy atom. The van der Waals surface area contributed by atoms with Crippen LogP contribution in [0.4, 0.5) is 22.0 Å². The lowest BCUT2D eigenvalue weighted by atomic mass is 10.0. The molecule has 0 amide bonds. The molecule has 1 aliphatic rings. The van der Waals surface area contributed by atoms with Crippen molar-refractivity contribution in [2.45, 2.75) is 32.1 Å². The second-order valence-electron chi connectivity index (χ2n) is 10.2. The average molecular weight is 622 g/mol. The molecule has 1 atom stereocenters. The standard InChI is InChI=1S/C31H20F5N5O4/c32-21-7-15(11-37)1-2-17(21)14-45-30-23(34)12-38-29(40-30)20-9-22(33)19(27(35)28(20)36)10-26-39-24-4-3-16(31(42)43)8-25(24)41(26)13-18-5-6-44-18/h1-4,7-9,12,18H,5-6,10,13-14H2,(H,42,43)/t18-/m0/s1. The fraction of sp³-hybridized carbons (Fsp3) is 0.194. The second-order valence-corrected chi connectivity index (χ2v) is 10.2. The minimum atomic E-state index is -1.55. The lowest BCUT2D eigenvalue weighted by molar-refractivity contribution is -0.0589. The molecule has 3 aromatic carbocycles.